The molecule has 0 fully saturated rings. The molecule has 1 atom stereocenters. The fourth-order valence-corrected chi connectivity index (χ4v) is 2.52. The summed E-state index contributed by atoms with van der Waals surface area (Å²) in [6.07, 6.45) is 1.81. The Balaban J connectivity index is 1.61. The van der Waals surface area contributed by atoms with Crippen LogP contribution < -0.4 is 10.1 Å². The Kier molecular flexibility index (Phi) is 5.31. The maximum Gasteiger partial charge on any atom is 0.225 e. The van der Waals surface area contributed by atoms with Gasteiger partial charge in [-0.1, -0.05) is 12.1 Å². The summed E-state index contributed by atoms with van der Waals surface area (Å²) in [4.78, 5) is 16.4. The predicted octanol–water partition coefficient (Wildman–Crippen LogP) is 3.91. The molecule has 0 aliphatic rings. The molecule has 0 aliphatic carbocycles. The van der Waals surface area contributed by atoms with Gasteiger partial charge in [-0.3, -0.25) is 4.79 Å². The first-order valence-corrected chi connectivity index (χ1v) is 8.19. The van der Waals surface area contributed by atoms with Gasteiger partial charge in [0.05, 0.1) is 19.7 Å². The van der Waals surface area contributed by atoms with Crippen LogP contribution in [0.3, 0.4) is 0 Å². The number of hydrogen-bond donors (Lipinski definition) is 1. The normalized spacial score (nSPS) is 11.8. The zero-order valence-electron chi connectivity index (χ0n) is 14.5. The van der Waals surface area contributed by atoms with Gasteiger partial charge in [0.15, 0.2) is 5.76 Å². The van der Waals surface area contributed by atoms with Crippen molar-refractivity contribution in [1.29, 1.82) is 0 Å². The van der Waals surface area contributed by atoms with Crippen LogP contribution in [0, 0.1) is 5.82 Å². The number of nitrogens with zero attached hydrogens (tertiary/aromatic N) is 1. The highest BCUT2D eigenvalue weighted by molar-refractivity contribution is 5.78. The Morgan fingerprint density at radius 3 is 2.54 bits per heavy atom. The van der Waals surface area contributed by atoms with E-state index in [1.54, 1.807) is 32.4 Å². The zero-order chi connectivity index (χ0) is 18.5. The number of oxazole rings is 1. The number of benzene rings is 2. The van der Waals surface area contributed by atoms with Crippen LogP contribution in [0.4, 0.5) is 4.39 Å². The fraction of sp³-hybridized carbons (Fsp3) is 0.200. The maximum atomic E-state index is 13.0. The molecule has 1 N–H and O–H groups in total. The minimum atomic E-state index is -0.380. The van der Waals surface area contributed by atoms with E-state index in [1.807, 2.05) is 24.3 Å². The molecule has 0 saturated heterocycles. The monoisotopic (exact) mass is 354 g/mol. The third-order valence-electron chi connectivity index (χ3n) is 3.92. The molecule has 1 unspecified atom stereocenters. The van der Waals surface area contributed by atoms with E-state index in [-0.39, 0.29) is 24.2 Å². The van der Waals surface area contributed by atoms with Crippen LogP contribution in [-0.2, 0) is 11.2 Å². The van der Waals surface area contributed by atoms with Gasteiger partial charge in [0.2, 0.25) is 11.8 Å². The van der Waals surface area contributed by atoms with Crippen LogP contribution in [0.25, 0.3) is 11.3 Å². The minimum Gasteiger partial charge on any atom is -0.497 e. The second kappa shape index (κ2) is 7.82. The molecule has 3 rings (SSSR count). The van der Waals surface area contributed by atoms with Gasteiger partial charge in [0.25, 0.3) is 0 Å². The smallest absolute Gasteiger partial charge is 0.225 e. The summed E-state index contributed by atoms with van der Waals surface area (Å²) in [5, 5.41) is 2.86. The van der Waals surface area contributed by atoms with E-state index in [4.69, 9.17) is 9.15 Å². The van der Waals surface area contributed by atoms with Gasteiger partial charge in [0.1, 0.15) is 17.6 Å². The molecule has 0 saturated carbocycles. The highest BCUT2D eigenvalue weighted by Gasteiger charge is 2.16. The van der Waals surface area contributed by atoms with Crippen LogP contribution in [0.1, 0.15) is 24.4 Å². The summed E-state index contributed by atoms with van der Waals surface area (Å²) in [5.41, 5.74) is 1.61. The number of nitrogens with one attached hydrogen (secondary N) is 1. The van der Waals surface area contributed by atoms with Crippen LogP contribution in [0.15, 0.2) is 59.1 Å². The van der Waals surface area contributed by atoms with Crippen molar-refractivity contribution in [1.82, 2.24) is 10.3 Å². The van der Waals surface area contributed by atoms with E-state index in [2.05, 4.69) is 10.3 Å². The van der Waals surface area contributed by atoms with Crippen molar-refractivity contribution in [3.63, 3.8) is 0 Å². The number of carbonyl (C=O) groups excluding carboxylic acids is 1. The molecule has 1 amide bonds. The summed E-state index contributed by atoms with van der Waals surface area (Å²) in [6.45, 7) is 1.80. The first kappa shape index (κ1) is 17.7. The second-order valence-electron chi connectivity index (χ2n) is 5.88. The Morgan fingerprint density at radius 1 is 1.19 bits per heavy atom. The second-order valence-corrected chi connectivity index (χ2v) is 5.88. The van der Waals surface area contributed by atoms with Crippen LogP contribution in [0.2, 0.25) is 0 Å². The topological polar surface area (TPSA) is 64.4 Å². The molecule has 0 aliphatic heterocycles. The lowest BCUT2D eigenvalue weighted by Gasteiger charge is -2.10. The number of carbonyl (C=O) groups is 1. The summed E-state index contributed by atoms with van der Waals surface area (Å²) in [5.74, 6) is 1.22. The number of ether oxygens (including phenoxy) is 1. The Hall–Kier alpha value is -3.15. The predicted molar refractivity (Wildman–Crippen MR) is 95.2 cm³/mol. The highest BCUT2D eigenvalue weighted by atomic mass is 19.1. The van der Waals surface area contributed by atoms with E-state index in [1.165, 1.54) is 12.1 Å². The lowest BCUT2D eigenvalue weighted by atomic mass is 10.1. The van der Waals surface area contributed by atoms with E-state index in [0.29, 0.717) is 11.7 Å². The van der Waals surface area contributed by atoms with Crippen molar-refractivity contribution < 1.29 is 18.3 Å². The molecule has 134 valence electrons. The summed E-state index contributed by atoms with van der Waals surface area (Å²) in [7, 11) is 1.60. The molecule has 2 aromatic carbocycles. The first-order valence-electron chi connectivity index (χ1n) is 8.19. The molecule has 0 bridgehead atoms. The van der Waals surface area contributed by atoms with Crippen LogP contribution in [0.5, 0.6) is 5.75 Å². The number of halogens is 1. The van der Waals surface area contributed by atoms with E-state index >= 15 is 0 Å². The molecule has 1 aromatic heterocycles. The number of rotatable bonds is 6. The molecule has 6 heteroatoms. The molecular weight excluding hydrogens is 335 g/mol. The minimum absolute atomic E-state index is 0.135. The Bertz CT molecular complexity index is 873. The third kappa shape index (κ3) is 4.27. The molecule has 0 spiro atoms. The number of methoxy groups -OCH3 is 1. The van der Waals surface area contributed by atoms with Gasteiger partial charge < -0.3 is 14.5 Å². The number of hydrogen-bond acceptors (Lipinski definition) is 4. The Labute approximate surface area is 150 Å². The molecule has 1 heterocycles. The van der Waals surface area contributed by atoms with E-state index < -0.39 is 0 Å². The SMILES string of the molecule is COc1ccc(CC(=O)NC(C)c2ncc(-c3ccc(F)cc3)o2)cc1. The first-order chi connectivity index (χ1) is 12.5. The standard InChI is InChI=1S/C20H19FN2O3/c1-13(23-19(24)11-14-3-9-17(25-2)10-4-14)20-22-12-18(26-20)15-5-7-16(21)8-6-15/h3-10,12-13H,11H2,1-2H3,(H,23,24). The summed E-state index contributed by atoms with van der Waals surface area (Å²) >= 11 is 0. The van der Waals surface area contributed by atoms with E-state index in [9.17, 15) is 9.18 Å². The van der Waals surface area contributed by atoms with Gasteiger partial charge in [0, 0.05) is 5.56 Å². The molecule has 5 nitrogen and oxygen atoms in total. The van der Waals surface area contributed by atoms with Crippen LogP contribution in [-0.4, -0.2) is 18.0 Å². The average molecular weight is 354 g/mol. The van der Waals surface area contributed by atoms with Crippen molar-refractivity contribution in [2.45, 2.75) is 19.4 Å². The van der Waals surface area contributed by atoms with Gasteiger partial charge in [-0.05, 0) is 48.9 Å². The molecule has 26 heavy (non-hydrogen) atoms. The maximum absolute atomic E-state index is 13.0. The lowest BCUT2D eigenvalue weighted by molar-refractivity contribution is -0.121. The fourth-order valence-electron chi connectivity index (χ4n) is 2.52. The van der Waals surface area contributed by atoms with Crippen molar-refractivity contribution in [3.8, 4) is 17.1 Å². The molecule has 0 radical (unpaired) electrons. The summed E-state index contributed by atoms with van der Waals surface area (Å²) < 4.78 is 23.8. The number of amides is 1. The molecule has 3 aromatic rings. The van der Waals surface area contributed by atoms with Crippen molar-refractivity contribution >= 4 is 5.91 Å². The Morgan fingerprint density at radius 2 is 1.88 bits per heavy atom. The van der Waals surface area contributed by atoms with Crippen molar-refractivity contribution in [2.24, 2.45) is 0 Å². The lowest BCUT2D eigenvalue weighted by Crippen LogP contribution is -2.28. The highest BCUT2D eigenvalue weighted by Crippen LogP contribution is 2.23. The third-order valence-corrected chi connectivity index (χ3v) is 3.92. The van der Waals surface area contributed by atoms with E-state index in [0.717, 1.165) is 16.9 Å². The van der Waals surface area contributed by atoms with Gasteiger partial charge >= 0.3 is 0 Å². The van der Waals surface area contributed by atoms with Crippen molar-refractivity contribution in [3.05, 3.63) is 72.0 Å². The van der Waals surface area contributed by atoms with Crippen LogP contribution >= 0.6 is 0 Å². The summed E-state index contributed by atoms with van der Waals surface area (Å²) in [6, 6.07) is 12.9. The average Bonchev–Trinajstić information content (AvgIpc) is 3.13. The van der Waals surface area contributed by atoms with Gasteiger partial charge in [-0.25, -0.2) is 9.37 Å². The van der Waals surface area contributed by atoms with Gasteiger partial charge in [-0.15, -0.1) is 0 Å². The quantitative estimate of drug-likeness (QED) is 0.729. The van der Waals surface area contributed by atoms with Crippen molar-refractivity contribution in [2.75, 3.05) is 7.11 Å². The number of aromatic nitrogens is 1. The zero-order valence-corrected chi connectivity index (χ0v) is 14.5. The molecular formula is C20H19FN2O3. The van der Waals surface area contributed by atoms with Gasteiger partial charge in [-0.2, -0.15) is 0 Å². The largest absolute Gasteiger partial charge is 0.497 e.